The molecule has 4 nitrogen and oxygen atoms in total. The lowest BCUT2D eigenvalue weighted by atomic mass is 10.0. The predicted octanol–water partition coefficient (Wildman–Crippen LogP) is 4.02. The van der Waals surface area contributed by atoms with Gasteiger partial charge in [-0.2, -0.15) is 0 Å². The minimum absolute atomic E-state index is 0.0368. The van der Waals surface area contributed by atoms with Crippen LogP contribution in [0, 0.1) is 6.92 Å². The van der Waals surface area contributed by atoms with Gasteiger partial charge in [0.05, 0.1) is 30.0 Å². The molecule has 3 aromatic rings. The molecule has 0 radical (unpaired) electrons. The van der Waals surface area contributed by atoms with Crippen LogP contribution in [-0.4, -0.2) is 20.0 Å². The summed E-state index contributed by atoms with van der Waals surface area (Å²) < 4.78 is 0. The first-order chi connectivity index (χ1) is 12.2. The van der Waals surface area contributed by atoms with Crippen LogP contribution in [0.1, 0.15) is 33.9 Å². The fourth-order valence-electron chi connectivity index (χ4n) is 3.21. The van der Waals surface area contributed by atoms with Crippen molar-refractivity contribution in [3.63, 3.8) is 0 Å². The van der Waals surface area contributed by atoms with Gasteiger partial charge in [-0.3, -0.25) is 9.97 Å². The topological polar surface area (TPSA) is 41.1 Å². The van der Waals surface area contributed by atoms with E-state index in [2.05, 4.69) is 44.6 Å². The van der Waals surface area contributed by atoms with Crippen LogP contribution >= 0.6 is 23.6 Å². The van der Waals surface area contributed by atoms with Gasteiger partial charge in [0, 0.05) is 17.3 Å². The van der Waals surface area contributed by atoms with Crippen LogP contribution in [0.25, 0.3) is 0 Å². The zero-order valence-corrected chi connectivity index (χ0v) is 15.4. The first kappa shape index (κ1) is 16.2. The number of thiophene rings is 1. The molecule has 0 saturated carbocycles. The standard InChI is InChI=1S/C19H18N4S2/c1-13-8-11-25-18(13)17-16(15-7-3-5-10-21-15)22-19(24)23(17)12-14-6-2-4-9-20-14/h2-11,16-17H,12H2,1H3,(H,22,24)/t16-,17-/m0/s1. The molecule has 4 heterocycles. The number of pyridine rings is 2. The van der Waals surface area contributed by atoms with E-state index >= 15 is 0 Å². The summed E-state index contributed by atoms with van der Waals surface area (Å²) in [5, 5.41) is 6.37. The molecule has 1 saturated heterocycles. The monoisotopic (exact) mass is 366 g/mol. The Hall–Kier alpha value is -2.31. The lowest BCUT2D eigenvalue weighted by Gasteiger charge is -2.27. The Morgan fingerprint density at radius 1 is 1.12 bits per heavy atom. The molecule has 4 rings (SSSR count). The van der Waals surface area contributed by atoms with Gasteiger partial charge in [-0.25, -0.2) is 0 Å². The lowest BCUT2D eigenvalue weighted by Crippen LogP contribution is -2.29. The minimum Gasteiger partial charge on any atom is -0.352 e. The first-order valence-corrected chi connectivity index (χ1v) is 9.45. The maximum atomic E-state index is 5.67. The first-order valence-electron chi connectivity index (χ1n) is 8.16. The maximum absolute atomic E-state index is 5.67. The third-order valence-electron chi connectivity index (χ3n) is 4.43. The second-order valence-corrected chi connectivity index (χ2v) is 7.38. The summed E-state index contributed by atoms with van der Waals surface area (Å²) in [6.45, 7) is 2.83. The largest absolute Gasteiger partial charge is 0.352 e. The van der Waals surface area contributed by atoms with Crippen LogP contribution in [0.2, 0.25) is 0 Å². The fraction of sp³-hybridized carbons (Fsp3) is 0.211. The van der Waals surface area contributed by atoms with Crippen molar-refractivity contribution in [3.05, 3.63) is 82.1 Å². The molecule has 0 aliphatic carbocycles. The summed E-state index contributed by atoms with van der Waals surface area (Å²) in [6.07, 6.45) is 3.66. The predicted molar refractivity (Wildman–Crippen MR) is 104 cm³/mol. The molecule has 3 aromatic heterocycles. The van der Waals surface area contributed by atoms with Gasteiger partial charge in [-0.05, 0) is 60.4 Å². The number of aryl methyl sites for hydroxylation is 1. The van der Waals surface area contributed by atoms with E-state index in [1.54, 1.807) is 11.3 Å². The normalized spacial score (nSPS) is 19.9. The number of hydrogen-bond acceptors (Lipinski definition) is 4. The molecule has 1 aliphatic heterocycles. The van der Waals surface area contributed by atoms with E-state index in [9.17, 15) is 0 Å². The van der Waals surface area contributed by atoms with Crippen molar-refractivity contribution in [1.82, 2.24) is 20.2 Å². The van der Waals surface area contributed by atoms with E-state index in [0.29, 0.717) is 6.54 Å². The molecule has 2 atom stereocenters. The van der Waals surface area contributed by atoms with Crippen molar-refractivity contribution in [2.75, 3.05) is 0 Å². The molecule has 0 aromatic carbocycles. The molecular formula is C19H18N4S2. The van der Waals surface area contributed by atoms with Crippen molar-refractivity contribution in [2.45, 2.75) is 25.6 Å². The Morgan fingerprint density at radius 2 is 1.92 bits per heavy atom. The minimum atomic E-state index is 0.0368. The van der Waals surface area contributed by atoms with Crippen molar-refractivity contribution in [3.8, 4) is 0 Å². The Labute approximate surface area is 156 Å². The highest BCUT2D eigenvalue weighted by Crippen LogP contribution is 2.42. The number of thiocarbonyl (C=S) groups is 1. The van der Waals surface area contributed by atoms with E-state index < -0.39 is 0 Å². The number of hydrogen-bond donors (Lipinski definition) is 1. The van der Waals surface area contributed by atoms with Gasteiger partial charge in [-0.1, -0.05) is 12.1 Å². The highest BCUT2D eigenvalue weighted by Gasteiger charge is 2.41. The van der Waals surface area contributed by atoms with Gasteiger partial charge in [0.1, 0.15) is 0 Å². The summed E-state index contributed by atoms with van der Waals surface area (Å²) >= 11 is 7.45. The molecular weight excluding hydrogens is 348 g/mol. The maximum Gasteiger partial charge on any atom is 0.170 e. The molecule has 1 N–H and O–H groups in total. The highest BCUT2D eigenvalue weighted by atomic mass is 32.1. The molecule has 6 heteroatoms. The number of aromatic nitrogens is 2. The van der Waals surface area contributed by atoms with Crippen LogP contribution in [0.5, 0.6) is 0 Å². The summed E-state index contributed by atoms with van der Waals surface area (Å²) in [4.78, 5) is 12.6. The molecule has 0 spiro atoms. The molecule has 1 aliphatic rings. The summed E-state index contributed by atoms with van der Waals surface area (Å²) in [6, 6.07) is 14.3. The van der Waals surface area contributed by atoms with E-state index in [1.165, 1.54) is 10.4 Å². The van der Waals surface area contributed by atoms with Crippen LogP contribution < -0.4 is 5.32 Å². The Bertz CT molecular complexity index is 863. The molecule has 25 heavy (non-hydrogen) atoms. The smallest absolute Gasteiger partial charge is 0.170 e. The number of rotatable bonds is 4. The third-order valence-corrected chi connectivity index (χ3v) is 5.87. The van der Waals surface area contributed by atoms with Gasteiger partial charge < -0.3 is 10.2 Å². The Morgan fingerprint density at radius 3 is 2.56 bits per heavy atom. The number of nitrogens with one attached hydrogen (secondary N) is 1. The molecule has 0 unspecified atom stereocenters. The van der Waals surface area contributed by atoms with Crippen molar-refractivity contribution < 1.29 is 0 Å². The molecule has 0 amide bonds. The van der Waals surface area contributed by atoms with E-state index in [4.69, 9.17) is 12.2 Å². The van der Waals surface area contributed by atoms with Crippen LogP contribution in [-0.2, 0) is 6.54 Å². The SMILES string of the molecule is Cc1ccsc1[C@@H]1[C@H](c2ccccn2)NC(=S)N1Cc1ccccn1. The second kappa shape index (κ2) is 6.90. The van der Waals surface area contributed by atoms with E-state index in [0.717, 1.165) is 16.5 Å². The van der Waals surface area contributed by atoms with Gasteiger partial charge in [0.15, 0.2) is 5.11 Å². The lowest BCUT2D eigenvalue weighted by molar-refractivity contribution is 0.312. The zero-order chi connectivity index (χ0) is 17.2. The fourth-order valence-corrected chi connectivity index (χ4v) is 4.59. The molecule has 0 bridgehead atoms. The highest BCUT2D eigenvalue weighted by molar-refractivity contribution is 7.80. The van der Waals surface area contributed by atoms with E-state index in [-0.39, 0.29) is 12.1 Å². The third kappa shape index (κ3) is 3.15. The second-order valence-electron chi connectivity index (χ2n) is 6.04. The van der Waals surface area contributed by atoms with Gasteiger partial charge in [0.2, 0.25) is 0 Å². The summed E-state index contributed by atoms with van der Waals surface area (Å²) in [5.41, 5.74) is 3.30. The quantitative estimate of drug-likeness (QED) is 0.706. The number of nitrogens with zero attached hydrogens (tertiary/aromatic N) is 3. The van der Waals surface area contributed by atoms with Crippen molar-refractivity contribution >= 4 is 28.7 Å². The average molecular weight is 367 g/mol. The summed E-state index contributed by atoms with van der Waals surface area (Å²) in [5.74, 6) is 0. The van der Waals surface area contributed by atoms with Crippen LogP contribution in [0.4, 0.5) is 0 Å². The zero-order valence-electron chi connectivity index (χ0n) is 13.8. The van der Waals surface area contributed by atoms with E-state index in [1.807, 2.05) is 42.7 Å². The van der Waals surface area contributed by atoms with Crippen LogP contribution in [0.15, 0.2) is 60.2 Å². The average Bonchev–Trinajstić information content (AvgIpc) is 3.20. The van der Waals surface area contributed by atoms with Crippen molar-refractivity contribution in [1.29, 1.82) is 0 Å². The Balaban J connectivity index is 1.74. The summed E-state index contributed by atoms with van der Waals surface area (Å²) in [7, 11) is 0. The van der Waals surface area contributed by atoms with Gasteiger partial charge >= 0.3 is 0 Å². The molecule has 126 valence electrons. The van der Waals surface area contributed by atoms with Crippen LogP contribution in [0.3, 0.4) is 0 Å². The molecule has 1 fully saturated rings. The Kier molecular flexibility index (Phi) is 4.46. The van der Waals surface area contributed by atoms with Gasteiger partial charge in [-0.15, -0.1) is 11.3 Å². The van der Waals surface area contributed by atoms with Crippen molar-refractivity contribution in [2.24, 2.45) is 0 Å². The van der Waals surface area contributed by atoms with Gasteiger partial charge in [0.25, 0.3) is 0 Å².